The van der Waals surface area contributed by atoms with E-state index in [-0.39, 0.29) is 6.01 Å². The molecule has 0 aliphatic carbocycles. The first-order chi connectivity index (χ1) is 9.60. The van der Waals surface area contributed by atoms with Crippen LogP contribution in [-0.4, -0.2) is 16.7 Å². The van der Waals surface area contributed by atoms with Gasteiger partial charge in [0.05, 0.1) is 22.3 Å². The maximum Gasteiger partial charge on any atom is 0.320 e. The zero-order valence-corrected chi connectivity index (χ0v) is 13.0. The molecule has 0 fully saturated rings. The average molecular weight is 336 g/mol. The lowest BCUT2D eigenvalue weighted by molar-refractivity contribution is 0.479. The Balaban J connectivity index is 2.07. The van der Waals surface area contributed by atoms with Crippen LogP contribution in [0.25, 0.3) is 0 Å². The Hall–Kier alpha value is -1.01. The molecule has 2 N–H and O–H groups in total. The second-order valence-corrected chi connectivity index (χ2v) is 5.30. The summed E-state index contributed by atoms with van der Waals surface area (Å²) in [4.78, 5) is 0. The third kappa shape index (κ3) is 3.99. The fourth-order valence-electron chi connectivity index (χ4n) is 1.52. The van der Waals surface area contributed by atoms with Gasteiger partial charge in [0.25, 0.3) is 0 Å². The van der Waals surface area contributed by atoms with Gasteiger partial charge in [0.2, 0.25) is 5.89 Å². The Kier molecular flexibility index (Phi) is 5.48. The molecule has 2 rings (SSSR count). The van der Waals surface area contributed by atoms with Crippen molar-refractivity contribution in [1.82, 2.24) is 15.5 Å². The number of nitrogens with zero attached hydrogens (tertiary/aromatic N) is 2. The summed E-state index contributed by atoms with van der Waals surface area (Å²) in [7, 11) is 0. The Bertz CT molecular complexity index is 565. The first-order valence-electron chi connectivity index (χ1n) is 6.04. The van der Waals surface area contributed by atoms with Crippen LogP contribution >= 0.6 is 34.8 Å². The molecule has 5 nitrogen and oxygen atoms in total. The highest BCUT2D eigenvalue weighted by molar-refractivity contribution is 6.41. The number of hydrogen-bond acceptors (Lipinski definition) is 5. The number of hydrogen-bond donors (Lipinski definition) is 2. The van der Waals surface area contributed by atoms with Gasteiger partial charge in [-0.05, 0) is 25.1 Å². The van der Waals surface area contributed by atoms with E-state index < -0.39 is 0 Å². The van der Waals surface area contributed by atoms with Gasteiger partial charge in [-0.15, -0.1) is 5.10 Å². The molecule has 0 saturated carbocycles. The molecule has 0 atom stereocenters. The van der Waals surface area contributed by atoms with Crippen LogP contribution in [0.1, 0.15) is 19.2 Å². The minimum atomic E-state index is 0.226. The van der Waals surface area contributed by atoms with Gasteiger partial charge >= 0.3 is 6.01 Å². The highest BCUT2D eigenvalue weighted by Crippen LogP contribution is 2.35. The van der Waals surface area contributed by atoms with Crippen LogP contribution in [0, 0.1) is 0 Å². The summed E-state index contributed by atoms with van der Waals surface area (Å²) < 4.78 is 5.43. The summed E-state index contributed by atoms with van der Waals surface area (Å²) in [6, 6.07) is 3.39. The molecule has 1 heterocycles. The van der Waals surface area contributed by atoms with E-state index >= 15 is 0 Å². The Morgan fingerprint density at radius 2 is 1.85 bits per heavy atom. The van der Waals surface area contributed by atoms with Gasteiger partial charge in [0, 0.05) is 5.02 Å². The van der Waals surface area contributed by atoms with Gasteiger partial charge in [0.15, 0.2) is 0 Å². The normalized spacial score (nSPS) is 10.8. The van der Waals surface area contributed by atoms with Crippen molar-refractivity contribution in [3.63, 3.8) is 0 Å². The molecule has 1 aromatic carbocycles. The topological polar surface area (TPSA) is 63.0 Å². The molecule has 0 unspecified atom stereocenters. The lowest BCUT2D eigenvalue weighted by Crippen LogP contribution is -2.13. The molecule has 1 aromatic heterocycles. The van der Waals surface area contributed by atoms with E-state index in [0.717, 1.165) is 13.0 Å². The Morgan fingerprint density at radius 3 is 2.50 bits per heavy atom. The molecule has 0 saturated heterocycles. The molecular formula is C12H13Cl3N4O. The van der Waals surface area contributed by atoms with Gasteiger partial charge in [-0.1, -0.05) is 46.8 Å². The van der Waals surface area contributed by atoms with Crippen molar-refractivity contribution in [2.24, 2.45) is 0 Å². The number of rotatable bonds is 6. The van der Waals surface area contributed by atoms with Crippen LogP contribution < -0.4 is 10.6 Å². The van der Waals surface area contributed by atoms with Crippen molar-refractivity contribution in [3.8, 4) is 0 Å². The summed E-state index contributed by atoms with van der Waals surface area (Å²) >= 11 is 18.0. The molecule has 0 aliphatic rings. The van der Waals surface area contributed by atoms with Crippen molar-refractivity contribution < 1.29 is 4.42 Å². The van der Waals surface area contributed by atoms with E-state index in [2.05, 4.69) is 27.8 Å². The summed E-state index contributed by atoms with van der Waals surface area (Å²) in [6.45, 7) is 3.49. The molecule has 0 amide bonds. The summed E-state index contributed by atoms with van der Waals surface area (Å²) in [6.07, 6.45) is 1.04. The predicted molar refractivity (Wildman–Crippen MR) is 81.1 cm³/mol. The standard InChI is InChI=1S/C12H13Cl3N4O/c1-2-3-16-6-10-18-19-12(20-10)17-11-8(14)4-7(13)5-9(11)15/h4-5,16H,2-3,6H2,1H3,(H,17,19). The first-order valence-corrected chi connectivity index (χ1v) is 7.18. The van der Waals surface area contributed by atoms with Gasteiger partial charge < -0.3 is 15.1 Å². The molecule has 2 aromatic rings. The van der Waals surface area contributed by atoms with E-state index in [1.807, 2.05) is 0 Å². The van der Waals surface area contributed by atoms with Crippen molar-refractivity contribution >= 4 is 46.5 Å². The Labute approximate surface area is 131 Å². The van der Waals surface area contributed by atoms with Crippen LogP contribution in [0.3, 0.4) is 0 Å². The number of benzene rings is 1. The monoisotopic (exact) mass is 334 g/mol. The van der Waals surface area contributed by atoms with Crippen LogP contribution in [0.15, 0.2) is 16.5 Å². The van der Waals surface area contributed by atoms with Crippen LogP contribution in [0.5, 0.6) is 0 Å². The van der Waals surface area contributed by atoms with E-state index in [1.54, 1.807) is 12.1 Å². The summed E-state index contributed by atoms with van der Waals surface area (Å²) in [5.74, 6) is 0.488. The largest absolute Gasteiger partial charge is 0.406 e. The van der Waals surface area contributed by atoms with Crippen LogP contribution in [0.4, 0.5) is 11.7 Å². The van der Waals surface area contributed by atoms with E-state index in [1.165, 1.54) is 0 Å². The van der Waals surface area contributed by atoms with E-state index in [0.29, 0.717) is 33.2 Å². The maximum atomic E-state index is 6.06. The summed E-state index contributed by atoms with van der Waals surface area (Å²) in [5.41, 5.74) is 0.481. The SMILES string of the molecule is CCCNCc1nnc(Nc2c(Cl)cc(Cl)cc2Cl)o1. The average Bonchev–Trinajstić information content (AvgIpc) is 2.82. The molecule has 0 spiro atoms. The lowest BCUT2D eigenvalue weighted by Gasteiger charge is -2.07. The van der Waals surface area contributed by atoms with Gasteiger partial charge in [0.1, 0.15) is 0 Å². The quantitative estimate of drug-likeness (QED) is 0.772. The predicted octanol–water partition coefficient (Wildman–Crippen LogP) is 4.27. The zero-order chi connectivity index (χ0) is 14.5. The van der Waals surface area contributed by atoms with Crippen molar-refractivity contribution in [2.75, 3.05) is 11.9 Å². The maximum absolute atomic E-state index is 6.06. The van der Waals surface area contributed by atoms with Crippen LogP contribution in [0.2, 0.25) is 15.1 Å². The van der Waals surface area contributed by atoms with E-state index in [4.69, 9.17) is 39.2 Å². The highest BCUT2D eigenvalue weighted by Gasteiger charge is 2.12. The third-order valence-corrected chi connectivity index (χ3v) is 3.22. The van der Waals surface area contributed by atoms with Crippen molar-refractivity contribution in [2.45, 2.75) is 19.9 Å². The van der Waals surface area contributed by atoms with Gasteiger partial charge in [-0.25, -0.2) is 0 Å². The number of nitrogens with one attached hydrogen (secondary N) is 2. The molecule has 8 heteroatoms. The zero-order valence-electron chi connectivity index (χ0n) is 10.7. The number of anilines is 2. The minimum Gasteiger partial charge on any atom is -0.406 e. The highest BCUT2D eigenvalue weighted by atomic mass is 35.5. The lowest BCUT2D eigenvalue weighted by atomic mass is 10.3. The summed E-state index contributed by atoms with van der Waals surface area (Å²) in [5, 5.41) is 15.1. The third-order valence-electron chi connectivity index (χ3n) is 2.41. The van der Waals surface area contributed by atoms with Crippen molar-refractivity contribution in [1.29, 1.82) is 0 Å². The van der Waals surface area contributed by atoms with Crippen LogP contribution in [-0.2, 0) is 6.54 Å². The smallest absolute Gasteiger partial charge is 0.320 e. The van der Waals surface area contributed by atoms with Gasteiger partial charge in [-0.3, -0.25) is 0 Å². The molecule has 20 heavy (non-hydrogen) atoms. The number of halogens is 3. The fourth-order valence-corrected chi connectivity index (χ4v) is 2.43. The first kappa shape index (κ1) is 15.4. The van der Waals surface area contributed by atoms with E-state index in [9.17, 15) is 0 Å². The molecule has 0 radical (unpaired) electrons. The second-order valence-electron chi connectivity index (χ2n) is 4.05. The fraction of sp³-hybridized carbons (Fsp3) is 0.333. The molecular weight excluding hydrogens is 323 g/mol. The molecule has 108 valence electrons. The molecule has 0 aliphatic heterocycles. The number of aromatic nitrogens is 2. The van der Waals surface area contributed by atoms with Gasteiger partial charge in [-0.2, -0.15) is 0 Å². The molecule has 0 bridgehead atoms. The minimum absolute atomic E-state index is 0.226. The van der Waals surface area contributed by atoms with Crippen molar-refractivity contribution in [3.05, 3.63) is 33.1 Å². The second kappa shape index (κ2) is 7.13. The Morgan fingerprint density at radius 1 is 1.15 bits per heavy atom.